The molecule has 26 heavy (non-hydrogen) atoms. The molecule has 0 heterocycles. The average molecular weight is 365 g/mol. The quantitative estimate of drug-likeness (QED) is 0.158. The van der Waals surface area contributed by atoms with Crippen molar-refractivity contribution in [3.8, 4) is 0 Å². The summed E-state index contributed by atoms with van der Waals surface area (Å²) in [7, 11) is 0. The van der Waals surface area contributed by atoms with Gasteiger partial charge in [0.25, 0.3) is 0 Å². The Hall–Kier alpha value is -0.260. The summed E-state index contributed by atoms with van der Waals surface area (Å²) in [6, 6.07) is 0. The van der Waals surface area contributed by atoms with Gasteiger partial charge < -0.3 is 0 Å². The Morgan fingerprint density at radius 2 is 1.04 bits per heavy atom. The zero-order valence-electron chi connectivity index (χ0n) is 19.2. The van der Waals surface area contributed by atoms with Crippen molar-refractivity contribution in [1.82, 2.24) is 0 Å². The highest BCUT2D eigenvalue weighted by Gasteiger charge is 2.05. The first-order chi connectivity index (χ1) is 12.6. The van der Waals surface area contributed by atoms with Gasteiger partial charge in [-0.25, -0.2) is 0 Å². The summed E-state index contributed by atoms with van der Waals surface area (Å²) < 4.78 is 0. The van der Waals surface area contributed by atoms with Crippen LogP contribution in [0.1, 0.15) is 137 Å². The van der Waals surface area contributed by atoms with Crippen molar-refractivity contribution in [1.29, 1.82) is 0 Å². The normalized spacial score (nSPS) is 15.4. The first-order valence-corrected chi connectivity index (χ1v) is 12.3. The monoisotopic (exact) mass is 364 g/mol. The molecule has 0 aromatic rings. The van der Waals surface area contributed by atoms with Gasteiger partial charge >= 0.3 is 0 Å². The standard InChI is InChI=1S/C26H52/c1-6-8-9-11-15-20-25(4)22-17-18-23-26(5)21-16-13-10-12-14-19-24(3)7-2/h14,19,24-26H,6-13,15-18,20-23H2,1-5H3. The van der Waals surface area contributed by atoms with Crippen LogP contribution in [0.4, 0.5) is 0 Å². The van der Waals surface area contributed by atoms with E-state index in [1.807, 2.05) is 0 Å². The molecule has 3 unspecified atom stereocenters. The Kier molecular flexibility index (Phi) is 19.3. The summed E-state index contributed by atoms with van der Waals surface area (Å²) in [5, 5.41) is 0. The van der Waals surface area contributed by atoms with Crippen molar-refractivity contribution in [2.24, 2.45) is 17.8 Å². The molecule has 0 bridgehead atoms. The summed E-state index contributed by atoms with van der Waals surface area (Å²) in [6.07, 6.45) is 27.5. The van der Waals surface area contributed by atoms with Crippen molar-refractivity contribution < 1.29 is 0 Å². The molecule has 0 heteroatoms. The van der Waals surface area contributed by atoms with E-state index in [0.717, 1.165) is 17.8 Å². The lowest BCUT2D eigenvalue weighted by Gasteiger charge is -2.13. The maximum absolute atomic E-state index is 2.47. The fourth-order valence-electron chi connectivity index (χ4n) is 3.77. The highest BCUT2D eigenvalue weighted by molar-refractivity contribution is 4.85. The fourth-order valence-corrected chi connectivity index (χ4v) is 3.77. The van der Waals surface area contributed by atoms with Gasteiger partial charge in [-0.1, -0.05) is 137 Å². The molecule has 0 aromatic carbocycles. The molecule has 0 amide bonds. The Labute approximate surface area is 167 Å². The van der Waals surface area contributed by atoms with Crippen LogP contribution in [-0.4, -0.2) is 0 Å². The van der Waals surface area contributed by atoms with E-state index in [2.05, 4.69) is 46.8 Å². The summed E-state index contributed by atoms with van der Waals surface area (Å²) in [4.78, 5) is 0. The van der Waals surface area contributed by atoms with E-state index in [0.29, 0.717) is 0 Å². The fraction of sp³-hybridized carbons (Fsp3) is 0.923. The van der Waals surface area contributed by atoms with Crippen LogP contribution in [0.2, 0.25) is 0 Å². The van der Waals surface area contributed by atoms with Crippen molar-refractivity contribution in [3.05, 3.63) is 12.2 Å². The van der Waals surface area contributed by atoms with Crippen molar-refractivity contribution in [3.63, 3.8) is 0 Å². The lowest BCUT2D eigenvalue weighted by Crippen LogP contribution is -1.98. The molecule has 0 aliphatic heterocycles. The molecular formula is C26H52. The largest absolute Gasteiger partial charge is 0.0883 e. The molecule has 0 aliphatic carbocycles. The second kappa shape index (κ2) is 19.5. The number of hydrogen-bond donors (Lipinski definition) is 0. The Balaban J connectivity index is 3.38. The SMILES string of the molecule is CCCCCCCC(C)CCCCC(C)CCCCCC=CC(C)CC. The van der Waals surface area contributed by atoms with Gasteiger partial charge in [-0.15, -0.1) is 0 Å². The van der Waals surface area contributed by atoms with Crippen LogP contribution in [0.3, 0.4) is 0 Å². The van der Waals surface area contributed by atoms with Crippen LogP contribution in [0.5, 0.6) is 0 Å². The second-order valence-electron chi connectivity index (χ2n) is 9.15. The summed E-state index contributed by atoms with van der Waals surface area (Å²) in [6.45, 7) is 11.8. The number of hydrogen-bond acceptors (Lipinski definition) is 0. The number of rotatable bonds is 19. The predicted octanol–water partition coefficient (Wildman–Crippen LogP) is 9.73. The minimum absolute atomic E-state index is 0.763. The lowest BCUT2D eigenvalue weighted by molar-refractivity contribution is 0.402. The molecule has 0 saturated heterocycles. The van der Waals surface area contributed by atoms with Crippen LogP contribution in [0.15, 0.2) is 12.2 Å². The topological polar surface area (TPSA) is 0 Å². The van der Waals surface area contributed by atoms with Crippen LogP contribution in [-0.2, 0) is 0 Å². The van der Waals surface area contributed by atoms with Gasteiger partial charge in [-0.3, -0.25) is 0 Å². The maximum Gasteiger partial charge on any atom is -0.0265 e. The molecule has 0 radical (unpaired) electrons. The average Bonchev–Trinajstić information content (AvgIpc) is 2.64. The van der Waals surface area contributed by atoms with E-state index >= 15 is 0 Å². The van der Waals surface area contributed by atoms with E-state index in [9.17, 15) is 0 Å². The zero-order valence-corrected chi connectivity index (χ0v) is 19.2. The highest BCUT2D eigenvalue weighted by Crippen LogP contribution is 2.21. The van der Waals surface area contributed by atoms with Gasteiger partial charge in [0.1, 0.15) is 0 Å². The van der Waals surface area contributed by atoms with Gasteiger partial charge in [0, 0.05) is 0 Å². The molecule has 156 valence electrons. The van der Waals surface area contributed by atoms with E-state index in [-0.39, 0.29) is 0 Å². The second-order valence-corrected chi connectivity index (χ2v) is 9.15. The molecule has 3 atom stereocenters. The van der Waals surface area contributed by atoms with Crippen molar-refractivity contribution >= 4 is 0 Å². The first-order valence-electron chi connectivity index (χ1n) is 12.3. The first kappa shape index (κ1) is 25.7. The summed E-state index contributed by atoms with van der Waals surface area (Å²) >= 11 is 0. The van der Waals surface area contributed by atoms with Gasteiger partial charge in [-0.2, -0.15) is 0 Å². The third-order valence-corrected chi connectivity index (χ3v) is 6.12. The van der Waals surface area contributed by atoms with Crippen LogP contribution >= 0.6 is 0 Å². The molecule has 0 saturated carbocycles. The van der Waals surface area contributed by atoms with Gasteiger partial charge in [0.15, 0.2) is 0 Å². The van der Waals surface area contributed by atoms with E-state index < -0.39 is 0 Å². The molecule has 0 spiro atoms. The van der Waals surface area contributed by atoms with Crippen molar-refractivity contribution in [2.45, 2.75) is 137 Å². The van der Waals surface area contributed by atoms with Crippen LogP contribution < -0.4 is 0 Å². The van der Waals surface area contributed by atoms with Crippen LogP contribution in [0.25, 0.3) is 0 Å². The maximum atomic E-state index is 2.47. The molecule has 0 N–H and O–H groups in total. The van der Waals surface area contributed by atoms with Gasteiger partial charge in [-0.05, 0) is 30.6 Å². The smallest absolute Gasteiger partial charge is 0.0265 e. The molecule has 0 aliphatic rings. The van der Waals surface area contributed by atoms with Crippen LogP contribution in [0, 0.1) is 17.8 Å². The summed E-state index contributed by atoms with van der Waals surface area (Å²) in [5.74, 6) is 2.66. The molecule has 0 rings (SSSR count). The number of allylic oxidation sites excluding steroid dienone is 2. The molecule has 0 fully saturated rings. The lowest BCUT2D eigenvalue weighted by atomic mass is 9.93. The molecule has 0 aromatic heterocycles. The minimum atomic E-state index is 0.763. The van der Waals surface area contributed by atoms with E-state index in [1.54, 1.807) is 0 Å². The minimum Gasteiger partial charge on any atom is -0.0883 e. The number of unbranched alkanes of at least 4 members (excludes halogenated alkanes) is 8. The third kappa shape index (κ3) is 18.5. The Morgan fingerprint density at radius 3 is 1.54 bits per heavy atom. The van der Waals surface area contributed by atoms with Crippen molar-refractivity contribution in [2.75, 3.05) is 0 Å². The van der Waals surface area contributed by atoms with Gasteiger partial charge in [0.2, 0.25) is 0 Å². The Bertz CT molecular complexity index is 290. The molecule has 0 nitrogen and oxygen atoms in total. The van der Waals surface area contributed by atoms with Gasteiger partial charge in [0.05, 0.1) is 0 Å². The zero-order chi connectivity index (χ0) is 19.5. The summed E-state index contributed by atoms with van der Waals surface area (Å²) in [5.41, 5.74) is 0. The predicted molar refractivity (Wildman–Crippen MR) is 122 cm³/mol. The highest BCUT2D eigenvalue weighted by atomic mass is 14.1. The molecular weight excluding hydrogens is 312 g/mol. The third-order valence-electron chi connectivity index (χ3n) is 6.12. The Morgan fingerprint density at radius 1 is 0.577 bits per heavy atom. The van der Waals surface area contributed by atoms with E-state index in [4.69, 9.17) is 0 Å². The van der Waals surface area contributed by atoms with E-state index in [1.165, 1.54) is 103 Å².